The zero-order valence-electron chi connectivity index (χ0n) is 15.4. The first kappa shape index (κ1) is 18.2. The van der Waals surface area contributed by atoms with Gasteiger partial charge in [-0.15, -0.1) is 0 Å². The van der Waals surface area contributed by atoms with E-state index in [0.717, 1.165) is 16.9 Å². The van der Waals surface area contributed by atoms with Crippen molar-refractivity contribution < 1.29 is 17.4 Å². The van der Waals surface area contributed by atoms with E-state index in [1.807, 2.05) is 6.92 Å². The van der Waals surface area contributed by atoms with Gasteiger partial charge in [0.2, 0.25) is 5.91 Å². The van der Waals surface area contributed by atoms with Gasteiger partial charge in [-0.25, -0.2) is 4.68 Å². The lowest BCUT2D eigenvalue weighted by Crippen LogP contribution is -2.33. The third kappa shape index (κ3) is 3.27. The molecule has 144 valence electrons. The highest BCUT2D eigenvalue weighted by molar-refractivity contribution is 7.87. The Labute approximate surface area is 163 Å². The lowest BCUT2D eigenvalue weighted by atomic mass is 10.1. The summed E-state index contributed by atoms with van der Waals surface area (Å²) >= 11 is 0. The maximum Gasteiger partial charge on any atom is 0.339 e. The molecule has 2 aromatic carbocycles. The SMILES string of the molecule is CC(=O)N1c2ccc(S(=O)(=O)Oc3ccc(-n4cccn4)cc3)cc2CC1C. The van der Waals surface area contributed by atoms with Crippen molar-refractivity contribution in [3.8, 4) is 11.4 Å². The van der Waals surface area contributed by atoms with Gasteiger partial charge in [0.15, 0.2) is 0 Å². The molecule has 0 spiro atoms. The van der Waals surface area contributed by atoms with E-state index in [4.69, 9.17) is 4.18 Å². The van der Waals surface area contributed by atoms with E-state index in [9.17, 15) is 13.2 Å². The molecule has 0 N–H and O–H groups in total. The van der Waals surface area contributed by atoms with Crippen LogP contribution in [-0.2, 0) is 21.3 Å². The topological polar surface area (TPSA) is 81.5 Å². The van der Waals surface area contributed by atoms with E-state index in [2.05, 4.69) is 5.10 Å². The maximum absolute atomic E-state index is 12.7. The minimum atomic E-state index is -3.98. The molecule has 8 heteroatoms. The van der Waals surface area contributed by atoms with Gasteiger partial charge in [0.25, 0.3) is 0 Å². The monoisotopic (exact) mass is 397 g/mol. The zero-order valence-corrected chi connectivity index (χ0v) is 16.3. The summed E-state index contributed by atoms with van der Waals surface area (Å²) in [7, 11) is -3.98. The third-order valence-electron chi connectivity index (χ3n) is 4.71. The minimum Gasteiger partial charge on any atom is -0.379 e. The summed E-state index contributed by atoms with van der Waals surface area (Å²) in [5.41, 5.74) is 2.37. The number of nitrogens with zero attached hydrogens (tertiary/aromatic N) is 3. The predicted octanol–water partition coefficient (Wildman–Crippen LogP) is 2.94. The quantitative estimate of drug-likeness (QED) is 0.632. The van der Waals surface area contributed by atoms with Crippen molar-refractivity contribution in [2.75, 3.05) is 4.90 Å². The molecule has 0 fully saturated rings. The Bertz CT molecular complexity index is 1120. The van der Waals surface area contributed by atoms with Crippen LogP contribution in [-0.4, -0.2) is 30.1 Å². The lowest BCUT2D eigenvalue weighted by molar-refractivity contribution is -0.116. The van der Waals surface area contributed by atoms with Crippen LogP contribution in [0, 0.1) is 0 Å². The number of hydrogen-bond acceptors (Lipinski definition) is 5. The first-order valence-electron chi connectivity index (χ1n) is 8.82. The molecule has 1 atom stereocenters. The number of rotatable bonds is 4. The minimum absolute atomic E-state index is 0.00112. The van der Waals surface area contributed by atoms with E-state index in [0.29, 0.717) is 6.42 Å². The van der Waals surface area contributed by atoms with Crippen LogP contribution in [0.3, 0.4) is 0 Å². The fraction of sp³-hybridized carbons (Fsp3) is 0.200. The van der Waals surface area contributed by atoms with E-state index in [1.165, 1.54) is 13.0 Å². The molecule has 0 radical (unpaired) electrons. The fourth-order valence-electron chi connectivity index (χ4n) is 3.49. The summed E-state index contributed by atoms with van der Waals surface area (Å²) in [4.78, 5) is 13.6. The summed E-state index contributed by atoms with van der Waals surface area (Å²) in [5.74, 6) is 0.158. The highest BCUT2D eigenvalue weighted by Gasteiger charge is 2.30. The molecule has 7 nitrogen and oxygen atoms in total. The van der Waals surface area contributed by atoms with Crippen molar-refractivity contribution in [3.63, 3.8) is 0 Å². The summed E-state index contributed by atoms with van der Waals surface area (Å²) in [6, 6.07) is 13.2. The van der Waals surface area contributed by atoms with Crippen molar-refractivity contribution in [2.24, 2.45) is 0 Å². The number of carbonyl (C=O) groups is 1. The van der Waals surface area contributed by atoms with Gasteiger partial charge in [0.05, 0.1) is 5.69 Å². The Balaban J connectivity index is 1.58. The van der Waals surface area contributed by atoms with Crippen LogP contribution >= 0.6 is 0 Å². The molecule has 1 amide bonds. The Morgan fingerprint density at radius 2 is 1.93 bits per heavy atom. The number of hydrogen-bond donors (Lipinski definition) is 0. The van der Waals surface area contributed by atoms with Crippen LogP contribution in [0.1, 0.15) is 19.4 Å². The standard InChI is InChI=1S/C20H19N3O4S/c1-14-12-16-13-19(8-9-20(16)23(14)15(2)24)28(25,26)27-18-6-4-17(5-7-18)22-11-3-10-21-22/h3-11,13-14H,12H2,1-2H3. The average Bonchev–Trinajstić information content (AvgIpc) is 3.28. The molecule has 4 rings (SSSR count). The third-order valence-corrected chi connectivity index (χ3v) is 5.95. The number of fused-ring (bicyclic) bond motifs is 1. The van der Waals surface area contributed by atoms with Crippen molar-refractivity contribution in [1.82, 2.24) is 9.78 Å². The second-order valence-electron chi connectivity index (χ2n) is 6.71. The molecule has 28 heavy (non-hydrogen) atoms. The molecule has 0 saturated heterocycles. The van der Waals surface area contributed by atoms with Gasteiger partial charge in [0, 0.05) is 31.0 Å². The predicted molar refractivity (Wildman–Crippen MR) is 104 cm³/mol. The van der Waals surface area contributed by atoms with E-state index in [1.54, 1.807) is 64.4 Å². The second-order valence-corrected chi connectivity index (χ2v) is 8.26. The molecular weight excluding hydrogens is 378 g/mol. The molecule has 1 aromatic heterocycles. The second kappa shape index (κ2) is 6.79. The summed E-state index contributed by atoms with van der Waals surface area (Å²) in [5, 5.41) is 4.13. The Morgan fingerprint density at radius 3 is 2.57 bits per heavy atom. The normalized spacial score (nSPS) is 16.1. The van der Waals surface area contributed by atoms with Crippen molar-refractivity contribution in [3.05, 3.63) is 66.5 Å². The van der Waals surface area contributed by atoms with Gasteiger partial charge < -0.3 is 9.08 Å². The number of amides is 1. The Hall–Kier alpha value is -3.13. The van der Waals surface area contributed by atoms with Crippen LogP contribution in [0.2, 0.25) is 0 Å². The largest absolute Gasteiger partial charge is 0.379 e. The number of benzene rings is 2. The van der Waals surface area contributed by atoms with Gasteiger partial charge in [-0.1, -0.05) is 0 Å². The van der Waals surface area contributed by atoms with Gasteiger partial charge in [-0.3, -0.25) is 4.79 Å². The molecule has 1 aliphatic heterocycles. The Kier molecular flexibility index (Phi) is 4.43. The average molecular weight is 397 g/mol. The van der Waals surface area contributed by atoms with Crippen LogP contribution in [0.5, 0.6) is 5.75 Å². The summed E-state index contributed by atoms with van der Waals surface area (Å²) in [6.07, 6.45) is 4.07. The number of carbonyl (C=O) groups excluding carboxylic acids is 1. The zero-order chi connectivity index (χ0) is 19.9. The van der Waals surface area contributed by atoms with E-state index < -0.39 is 10.1 Å². The summed E-state index contributed by atoms with van der Waals surface area (Å²) in [6.45, 7) is 3.44. The fourth-order valence-corrected chi connectivity index (χ4v) is 4.48. The van der Waals surface area contributed by atoms with Crippen molar-refractivity contribution in [1.29, 1.82) is 0 Å². The smallest absolute Gasteiger partial charge is 0.339 e. The van der Waals surface area contributed by atoms with E-state index >= 15 is 0 Å². The molecule has 1 unspecified atom stereocenters. The van der Waals surface area contributed by atoms with Crippen molar-refractivity contribution >= 4 is 21.7 Å². The van der Waals surface area contributed by atoms with Crippen LogP contribution < -0.4 is 9.08 Å². The molecule has 1 aliphatic rings. The maximum atomic E-state index is 12.7. The van der Waals surface area contributed by atoms with Gasteiger partial charge in [-0.2, -0.15) is 13.5 Å². The number of anilines is 1. The molecule has 0 bridgehead atoms. The van der Waals surface area contributed by atoms with Crippen LogP contribution in [0.15, 0.2) is 65.8 Å². The first-order chi connectivity index (χ1) is 13.3. The van der Waals surface area contributed by atoms with Gasteiger partial charge >= 0.3 is 10.1 Å². The molecule has 0 saturated carbocycles. The Morgan fingerprint density at radius 1 is 1.18 bits per heavy atom. The van der Waals surface area contributed by atoms with Gasteiger partial charge in [0.1, 0.15) is 10.6 Å². The molecule has 0 aliphatic carbocycles. The highest BCUT2D eigenvalue weighted by Crippen LogP contribution is 2.34. The molecular formula is C20H19N3O4S. The van der Waals surface area contributed by atoms with Crippen molar-refractivity contribution in [2.45, 2.75) is 31.2 Å². The first-order valence-corrected chi connectivity index (χ1v) is 10.2. The van der Waals surface area contributed by atoms with Crippen LogP contribution in [0.25, 0.3) is 5.69 Å². The summed E-state index contributed by atoms with van der Waals surface area (Å²) < 4.78 is 32.3. The molecule has 2 heterocycles. The number of aromatic nitrogens is 2. The van der Waals surface area contributed by atoms with Crippen LogP contribution in [0.4, 0.5) is 5.69 Å². The van der Waals surface area contributed by atoms with Gasteiger partial charge in [-0.05, 0) is 67.4 Å². The lowest BCUT2D eigenvalue weighted by Gasteiger charge is -2.20. The highest BCUT2D eigenvalue weighted by atomic mass is 32.2. The van der Waals surface area contributed by atoms with E-state index in [-0.39, 0.29) is 22.6 Å². The molecule has 3 aromatic rings.